The van der Waals surface area contributed by atoms with E-state index in [9.17, 15) is 9.18 Å². The van der Waals surface area contributed by atoms with Crippen LogP contribution >= 0.6 is 38.5 Å². The van der Waals surface area contributed by atoms with E-state index in [-0.39, 0.29) is 16.5 Å². The summed E-state index contributed by atoms with van der Waals surface area (Å²) >= 11 is 4.73. The maximum atomic E-state index is 13.5. The fraction of sp³-hybridized carbons (Fsp3) is 0.111. The molecule has 2 nitrogen and oxygen atoms in total. The van der Waals surface area contributed by atoms with Crippen molar-refractivity contribution >= 4 is 44.3 Å². The first kappa shape index (κ1) is 11.6. The standard InChI is InChI=1S/C9H4BrFINO/c10-3-7(14)8-5(4-13)1-2-6(12)9(8)11/h1-2H,3H2. The number of carbonyl (C=O) groups excluding carboxylic acids is 1. The number of ketones is 1. The number of Topliss-reactive ketones (excluding diaryl/α,β-unsaturated/α-hetero) is 1. The van der Waals surface area contributed by atoms with Crippen LogP contribution in [0.15, 0.2) is 12.1 Å². The molecule has 5 heteroatoms. The second-order valence-corrected chi connectivity index (χ2v) is 4.18. The summed E-state index contributed by atoms with van der Waals surface area (Å²) in [7, 11) is 0. The molecule has 0 spiro atoms. The zero-order valence-corrected chi connectivity index (χ0v) is 10.6. The lowest BCUT2D eigenvalue weighted by atomic mass is 10.1. The van der Waals surface area contributed by atoms with Gasteiger partial charge in [0.2, 0.25) is 0 Å². The van der Waals surface area contributed by atoms with Gasteiger partial charge in [0, 0.05) is 3.57 Å². The molecule has 0 saturated heterocycles. The Balaban J connectivity index is 3.45. The maximum absolute atomic E-state index is 13.5. The van der Waals surface area contributed by atoms with Crippen molar-refractivity contribution in [2.24, 2.45) is 0 Å². The lowest BCUT2D eigenvalue weighted by molar-refractivity contribution is 0.101. The van der Waals surface area contributed by atoms with Gasteiger partial charge in [0.05, 0.1) is 22.5 Å². The minimum absolute atomic E-state index is 0.0126. The lowest BCUT2D eigenvalue weighted by Gasteiger charge is -2.03. The normalized spacial score (nSPS) is 9.57. The number of carbonyl (C=O) groups is 1. The maximum Gasteiger partial charge on any atom is 0.177 e. The first-order chi connectivity index (χ1) is 6.61. The summed E-state index contributed by atoms with van der Waals surface area (Å²) in [5.74, 6) is -1.04. The molecule has 0 aliphatic carbocycles. The average Bonchev–Trinajstić information content (AvgIpc) is 2.20. The molecule has 0 saturated carbocycles. The van der Waals surface area contributed by atoms with Crippen LogP contribution in [0.2, 0.25) is 0 Å². The van der Waals surface area contributed by atoms with Gasteiger partial charge < -0.3 is 0 Å². The first-order valence-electron chi connectivity index (χ1n) is 3.59. The van der Waals surface area contributed by atoms with E-state index >= 15 is 0 Å². The second kappa shape index (κ2) is 4.84. The smallest absolute Gasteiger partial charge is 0.177 e. The van der Waals surface area contributed by atoms with Crippen LogP contribution in [-0.4, -0.2) is 11.1 Å². The molecular formula is C9H4BrFINO. The average molecular weight is 368 g/mol. The SMILES string of the molecule is N#Cc1ccc(I)c(F)c1C(=O)CBr. The van der Waals surface area contributed by atoms with Crippen molar-refractivity contribution < 1.29 is 9.18 Å². The molecular weight excluding hydrogens is 364 g/mol. The number of halogens is 3. The molecule has 0 aromatic heterocycles. The van der Waals surface area contributed by atoms with Crippen molar-refractivity contribution in [2.45, 2.75) is 0 Å². The molecule has 72 valence electrons. The van der Waals surface area contributed by atoms with Crippen molar-refractivity contribution in [3.8, 4) is 6.07 Å². The van der Waals surface area contributed by atoms with E-state index in [0.29, 0.717) is 3.57 Å². The third-order valence-electron chi connectivity index (χ3n) is 1.62. The van der Waals surface area contributed by atoms with Crippen molar-refractivity contribution in [3.63, 3.8) is 0 Å². The largest absolute Gasteiger partial charge is 0.293 e. The summed E-state index contributed by atoms with van der Waals surface area (Å²) in [5, 5.41) is 8.70. The molecule has 1 aromatic carbocycles. The molecule has 0 unspecified atom stereocenters. The summed E-state index contributed by atoms with van der Waals surface area (Å²) in [5.41, 5.74) is -0.0522. The van der Waals surface area contributed by atoms with Crippen LogP contribution in [-0.2, 0) is 0 Å². The fourth-order valence-corrected chi connectivity index (χ4v) is 1.71. The van der Waals surface area contributed by atoms with E-state index < -0.39 is 11.6 Å². The predicted octanol–water partition coefficient (Wildman–Crippen LogP) is 2.88. The van der Waals surface area contributed by atoms with Gasteiger partial charge in [-0.2, -0.15) is 5.26 Å². The van der Waals surface area contributed by atoms with Crippen molar-refractivity contribution in [1.82, 2.24) is 0 Å². The molecule has 0 heterocycles. The van der Waals surface area contributed by atoms with Gasteiger partial charge >= 0.3 is 0 Å². The lowest BCUT2D eigenvalue weighted by Crippen LogP contribution is -2.08. The summed E-state index contributed by atoms with van der Waals surface area (Å²) in [4.78, 5) is 11.3. The first-order valence-corrected chi connectivity index (χ1v) is 5.79. The van der Waals surface area contributed by atoms with Crippen molar-refractivity contribution in [1.29, 1.82) is 5.26 Å². The van der Waals surface area contributed by atoms with Crippen LogP contribution in [0.3, 0.4) is 0 Å². The van der Waals surface area contributed by atoms with Crippen LogP contribution < -0.4 is 0 Å². The molecule has 0 N–H and O–H groups in total. The Morgan fingerprint density at radius 1 is 1.64 bits per heavy atom. The highest BCUT2D eigenvalue weighted by molar-refractivity contribution is 14.1. The van der Waals surface area contributed by atoms with Gasteiger partial charge in [-0.3, -0.25) is 4.79 Å². The number of nitrogens with zero attached hydrogens (tertiary/aromatic N) is 1. The molecule has 14 heavy (non-hydrogen) atoms. The number of hydrogen-bond donors (Lipinski definition) is 0. The van der Waals surface area contributed by atoms with Crippen LogP contribution in [0.1, 0.15) is 15.9 Å². The second-order valence-electron chi connectivity index (χ2n) is 2.45. The Morgan fingerprint density at radius 3 is 2.79 bits per heavy atom. The monoisotopic (exact) mass is 367 g/mol. The Hall–Kier alpha value is -0.480. The van der Waals surface area contributed by atoms with Crippen LogP contribution in [0.4, 0.5) is 4.39 Å². The molecule has 0 aliphatic heterocycles. The van der Waals surface area contributed by atoms with Gasteiger partial charge in [0.1, 0.15) is 5.82 Å². The minimum atomic E-state index is -0.617. The number of rotatable bonds is 2. The summed E-state index contributed by atoms with van der Waals surface area (Å²) in [6.07, 6.45) is 0. The fourth-order valence-electron chi connectivity index (χ4n) is 0.983. The van der Waals surface area contributed by atoms with E-state index in [1.165, 1.54) is 12.1 Å². The van der Waals surface area contributed by atoms with Crippen molar-refractivity contribution in [2.75, 3.05) is 5.33 Å². The van der Waals surface area contributed by atoms with Gasteiger partial charge in [-0.1, -0.05) is 15.9 Å². The van der Waals surface area contributed by atoms with Crippen molar-refractivity contribution in [3.05, 3.63) is 32.6 Å². The number of alkyl halides is 1. The molecule has 0 atom stereocenters. The van der Waals surface area contributed by atoms with Crippen LogP contribution in [0.25, 0.3) is 0 Å². The summed E-state index contributed by atoms with van der Waals surface area (Å²) in [6, 6.07) is 4.71. The molecule has 0 amide bonds. The topological polar surface area (TPSA) is 40.9 Å². The highest BCUT2D eigenvalue weighted by Crippen LogP contribution is 2.20. The predicted molar refractivity (Wildman–Crippen MR) is 62.0 cm³/mol. The highest BCUT2D eigenvalue weighted by Gasteiger charge is 2.17. The molecule has 1 aromatic rings. The summed E-state index contributed by atoms with van der Waals surface area (Å²) in [6.45, 7) is 0. The summed E-state index contributed by atoms with van der Waals surface area (Å²) < 4.78 is 13.8. The Morgan fingerprint density at radius 2 is 2.29 bits per heavy atom. The Kier molecular flexibility index (Phi) is 4.01. The minimum Gasteiger partial charge on any atom is -0.293 e. The highest BCUT2D eigenvalue weighted by atomic mass is 127. The van der Waals surface area contributed by atoms with Gasteiger partial charge in [-0.15, -0.1) is 0 Å². The van der Waals surface area contributed by atoms with E-state index in [0.717, 1.165) is 0 Å². The Bertz CT molecular complexity index is 428. The molecule has 0 aliphatic rings. The molecule has 1 rings (SSSR count). The van der Waals surface area contributed by atoms with Gasteiger partial charge in [0.15, 0.2) is 5.78 Å². The van der Waals surface area contributed by atoms with Crippen LogP contribution in [0.5, 0.6) is 0 Å². The Labute approximate surface area is 102 Å². The quantitative estimate of drug-likeness (QED) is 0.458. The van der Waals surface area contributed by atoms with E-state index in [2.05, 4.69) is 15.9 Å². The molecule has 0 radical (unpaired) electrons. The third kappa shape index (κ3) is 2.12. The third-order valence-corrected chi connectivity index (χ3v) is 2.96. The van der Waals surface area contributed by atoms with Gasteiger partial charge in [0.25, 0.3) is 0 Å². The number of benzene rings is 1. The van der Waals surface area contributed by atoms with E-state index in [4.69, 9.17) is 5.26 Å². The van der Waals surface area contributed by atoms with Gasteiger partial charge in [-0.25, -0.2) is 4.39 Å². The molecule has 0 bridgehead atoms. The number of hydrogen-bond acceptors (Lipinski definition) is 2. The van der Waals surface area contributed by atoms with Gasteiger partial charge in [-0.05, 0) is 34.7 Å². The van der Waals surface area contributed by atoms with E-state index in [1.54, 1.807) is 28.7 Å². The zero-order valence-electron chi connectivity index (χ0n) is 6.85. The zero-order chi connectivity index (χ0) is 10.7. The molecule has 0 fully saturated rings. The van der Waals surface area contributed by atoms with Crippen LogP contribution in [0, 0.1) is 20.7 Å². The number of nitriles is 1. The van der Waals surface area contributed by atoms with E-state index in [1.807, 2.05) is 0 Å².